The minimum absolute atomic E-state index is 0.0961. The number of amides is 2. The quantitative estimate of drug-likeness (QED) is 0.623. The van der Waals surface area contributed by atoms with Crippen LogP contribution in [0.1, 0.15) is 42.0 Å². The standard InChI is InChI=1S/C21H21FN4O3/c22-17-6-1-2-7-18(17)29-19-10-14(8-9-23-19)11-24-21(27)25-12-16-13-28-26-20(16)15-4-3-5-15/h1-2,6-10,13,15H,3-5,11-12H2,(H2,24,25,27). The Bertz CT molecular complexity index is 987. The number of carbonyl (C=O) groups excluding carboxylic acids is 1. The van der Waals surface area contributed by atoms with E-state index < -0.39 is 5.82 Å². The van der Waals surface area contributed by atoms with Crippen LogP contribution in [0.2, 0.25) is 0 Å². The molecule has 1 aliphatic rings. The second kappa shape index (κ2) is 8.72. The Hall–Kier alpha value is -3.42. The summed E-state index contributed by atoms with van der Waals surface area (Å²) in [6.07, 6.45) is 6.58. The number of nitrogens with one attached hydrogen (secondary N) is 2. The van der Waals surface area contributed by atoms with Crippen LogP contribution in [0.5, 0.6) is 11.6 Å². The minimum atomic E-state index is -0.466. The van der Waals surface area contributed by atoms with Crippen LogP contribution in [0.3, 0.4) is 0 Å². The molecule has 150 valence electrons. The van der Waals surface area contributed by atoms with Crippen molar-refractivity contribution in [2.75, 3.05) is 0 Å². The third-order valence-electron chi connectivity index (χ3n) is 4.91. The number of pyridine rings is 1. The number of urea groups is 1. The van der Waals surface area contributed by atoms with Gasteiger partial charge in [0.15, 0.2) is 11.6 Å². The van der Waals surface area contributed by atoms with E-state index in [-0.39, 0.29) is 24.2 Å². The molecule has 0 aliphatic heterocycles. The largest absolute Gasteiger partial charge is 0.436 e. The molecule has 0 saturated heterocycles. The lowest BCUT2D eigenvalue weighted by atomic mass is 9.81. The van der Waals surface area contributed by atoms with Crippen molar-refractivity contribution in [3.63, 3.8) is 0 Å². The molecule has 2 aromatic heterocycles. The number of nitrogens with zero attached hydrogens (tertiary/aromatic N) is 2. The lowest BCUT2D eigenvalue weighted by molar-refractivity contribution is 0.240. The monoisotopic (exact) mass is 396 g/mol. The summed E-state index contributed by atoms with van der Waals surface area (Å²) < 4.78 is 24.2. The van der Waals surface area contributed by atoms with Crippen molar-refractivity contribution in [1.82, 2.24) is 20.8 Å². The van der Waals surface area contributed by atoms with E-state index in [0.29, 0.717) is 12.5 Å². The maximum absolute atomic E-state index is 13.7. The fourth-order valence-electron chi connectivity index (χ4n) is 3.09. The third-order valence-corrected chi connectivity index (χ3v) is 4.91. The van der Waals surface area contributed by atoms with Crippen LogP contribution in [-0.2, 0) is 13.1 Å². The fraction of sp³-hybridized carbons (Fsp3) is 0.286. The highest BCUT2D eigenvalue weighted by molar-refractivity contribution is 5.73. The molecule has 0 radical (unpaired) electrons. The summed E-state index contributed by atoms with van der Waals surface area (Å²) in [4.78, 5) is 16.2. The maximum Gasteiger partial charge on any atom is 0.315 e. The zero-order valence-corrected chi connectivity index (χ0v) is 15.7. The van der Waals surface area contributed by atoms with E-state index in [1.165, 1.54) is 18.6 Å². The van der Waals surface area contributed by atoms with Gasteiger partial charge in [-0.3, -0.25) is 0 Å². The Morgan fingerprint density at radius 1 is 1.21 bits per heavy atom. The topological polar surface area (TPSA) is 89.3 Å². The molecular weight excluding hydrogens is 375 g/mol. The number of halogens is 1. The molecule has 3 aromatic rings. The molecule has 2 heterocycles. The second-order valence-corrected chi connectivity index (χ2v) is 6.92. The highest BCUT2D eigenvalue weighted by Gasteiger charge is 2.25. The molecule has 8 heteroatoms. The number of aromatic nitrogens is 2. The number of hydrogen-bond acceptors (Lipinski definition) is 5. The van der Waals surface area contributed by atoms with E-state index in [1.807, 2.05) is 0 Å². The van der Waals surface area contributed by atoms with E-state index >= 15 is 0 Å². The van der Waals surface area contributed by atoms with Gasteiger partial charge >= 0.3 is 6.03 Å². The van der Waals surface area contributed by atoms with E-state index in [9.17, 15) is 9.18 Å². The van der Waals surface area contributed by atoms with Gasteiger partial charge in [0.05, 0.1) is 5.69 Å². The van der Waals surface area contributed by atoms with Crippen molar-refractivity contribution >= 4 is 6.03 Å². The van der Waals surface area contributed by atoms with Gasteiger partial charge < -0.3 is 19.9 Å². The molecule has 0 spiro atoms. The molecule has 1 aromatic carbocycles. The van der Waals surface area contributed by atoms with Crippen LogP contribution >= 0.6 is 0 Å². The summed E-state index contributed by atoms with van der Waals surface area (Å²) in [5.41, 5.74) is 2.64. The lowest BCUT2D eigenvalue weighted by Crippen LogP contribution is -2.34. The summed E-state index contributed by atoms with van der Waals surface area (Å²) in [5.74, 6) is 0.328. The molecule has 4 rings (SSSR count). The predicted molar refractivity (Wildman–Crippen MR) is 103 cm³/mol. The smallest absolute Gasteiger partial charge is 0.315 e. The Labute approximate surface area is 167 Å². The molecule has 2 N–H and O–H groups in total. The zero-order chi connectivity index (χ0) is 20.1. The number of ether oxygens (including phenoxy) is 1. The molecule has 0 bridgehead atoms. The molecule has 0 unspecified atom stereocenters. The first kappa shape index (κ1) is 18.9. The van der Waals surface area contributed by atoms with Gasteiger partial charge in [-0.2, -0.15) is 0 Å². The van der Waals surface area contributed by atoms with Crippen LogP contribution in [0, 0.1) is 5.82 Å². The summed E-state index contributed by atoms with van der Waals surface area (Å²) in [6, 6.07) is 9.21. The summed E-state index contributed by atoms with van der Waals surface area (Å²) in [7, 11) is 0. The van der Waals surface area contributed by atoms with Gasteiger partial charge in [-0.1, -0.05) is 23.7 Å². The molecule has 1 saturated carbocycles. The average molecular weight is 396 g/mol. The van der Waals surface area contributed by atoms with Crippen molar-refractivity contribution in [3.8, 4) is 11.6 Å². The normalized spacial score (nSPS) is 13.6. The summed E-state index contributed by atoms with van der Waals surface area (Å²) in [5, 5.41) is 9.66. The first-order chi connectivity index (χ1) is 14.2. The molecule has 29 heavy (non-hydrogen) atoms. The van der Waals surface area contributed by atoms with E-state index in [4.69, 9.17) is 9.26 Å². The van der Waals surface area contributed by atoms with E-state index in [2.05, 4.69) is 20.8 Å². The van der Waals surface area contributed by atoms with Gasteiger partial charge in [0, 0.05) is 36.8 Å². The van der Waals surface area contributed by atoms with E-state index in [1.54, 1.807) is 36.7 Å². The molecule has 2 amide bonds. The van der Waals surface area contributed by atoms with Crippen molar-refractivity contribution in [3.05, 3.63) is 71.5 Å². The highest BCUT2D eigenvalue weighted by atomic mass is 19.1. The second-order valence-electron chi connectivity index (χ2n) is 6.92. The summed E-state index contributed by atoms with van der Waals surface area (Å²) in [6.45, 7) is 0.639. The lowest BCUT2D eigenvalue weighted by Gasteiger charge is -2.23. The molecular formula is C21H21FN4O3. The van der Waals surface area contributed by atoms with Gasteiger partial charge in [-0.05, 0) is 36.6 Å². The van der Waals surface area contributed by atoms with Crippen LogP contribution in [0.15, 0.2) is 53.4 Å². The van der Waals surface area contributed by atoms with Gasteiger partial charge in [0.2, 0.25) is 5.88 Å². The van der Waals surface area contributed by atoms with Crippen molar-refractivity contribution < 1.29 is 18.4 Å². The SMILES string of the molecule is O=C(NCc1ccnc(Oc2ccccc2F)c1)NCc1conc1C1CCC1. The maximum atomic E-state index is 13.7. The Morgan fingerprint density at radius 2 is 2.03 bits per heavy atom. The van der Waals surface area contributed by atoms with Crippen LogP contribution < -0.4 is 15.4 Å². The van der Waals surface area contributed by atoms with Crippen LogP contribution in [0.25, 0.3) is 0 Å². The Kier molecular flexibility index (Phi) is 5.69. The van der Waals surface area contributed by atoms with Gasteiger partial charge in [0.1, 0.15) is 6.26 Å². The Morgan fingerprint density at radius 3 is 2.83 bits per heavy atom. The summed E-state index contributed by atoms with van der Waals surface area (Å²) >= 11 is 0. The first-order valence-corrected chi connectivity index (χ1v) is 9.51. The molecule has 7 nitrogen and oxygen atoms in total. The fourth-order valence-corrected chi connectivity index (χ4v) is 3.09. The highest BCUT2D eigenvalue weighted by Crippen LogP contribution is 2.37. The van der Waals surface area contributed by atoms with Gasteiger partial charge in [-0.25, -0.2) is 14.2 Å². The van der Waals surface area contributed by atoms with Gasteiger partial charge in [0.25, 0.3) is 0 Å². The molecule has 0 atom stereocenters. The number of carbonyl (C=O) groups is 1. The predicted octanol–water partition coefficient (Wildman–Crippen LogP) is 4.27. The molecule has 1 fully saturated rings. The van der Waals surface area contributed by atoms with Crippen molar-refractivity contribution in [2.24, 2.45) is 0 Å². The number of para-hydroxylation sites is 1. The van der Waals surface area contributed by atoms with Crippen LogP contribution in [0.4, 0.5) is 9.18 Å². The number of rotatable bonds is 7. The van der Waals surface area contributed by atoms with Gasteiger partial charge in [-0.15, -0.1) is 0 Å². The van der Waals surface area contributed by atoms with Crippen molar-refractivity contribution in [1.29, 1.82) is 0 Å². The molecule has 1 aliphatic carbocycles. The van der Waals surface area contributed by atoms with Crippen LogP contribution in [-0.4, -0.2) is 16.2 Å². The average Bonchev–Trinajstić information content (AvgIpc) is 3.13. The number of hydrogen-bond donors (Lipinski definition) is 2. The van der Waals surface area contributed by atoms with E-state index in [0.717, 1.165) is 29.7 Å². The zero-order valence-electron chi connectivity index (χ0n) is 15.7. The third kappa shape index (κ3) is 4.71. The Balaban J connectivity index is 1.28. The minimum Gasteiger partial charge on any atom is -0.436 e. The number of benzene rings is 1. The van der Waals surface area contributed by atoms with Crippen molar-refractivity contribution in [2.45, 2.75) is 38.3 Å². The first-order valence-electron chi connectivity index (χ1n) is 9.51.